The number of aromatic nitrogens is 2. The summed E-state index contributed by atoms with van der Waals surface area (Å²) in [7, 11) is 0. The first-order valence-corrected chi connectivity index (χ1v) is 9.45. The Bertz CT molecular complexity index is 1080. The second-order valence-corrected chi connectivity index (χ2v) is 7.03. The fourth-order valence-electron chi connectivity index (χ4n) is 3.67. The van der Waals surface area contributed by atoms with Crippen molar-refractivity contribution in [1.82, 2.24) is 15.0 Å². The maximum Gasteiger partial charge on any atom is 0.292 e. The third kappa shape index (κ3) is 3.07. The summed E-state index contributed by atoms with van der Waals surface area (Å²) < 4.78 is 11.2. The van der Waals surface area contributed by atoms with Crippen LogP contribution in [0.3, 0.4) is 0 Å². The summed E-state index contributed by atoms with van der Waals surface area (Å²) in [6.07, 6.45) is 1.64. The number of rotatable bonds is 3. The lowest BCUT2D eigenvalue weighted by molar-refractivity contribution is 0.0665. The first-order valence-electron chi connectivity index (χ1n) is 9.45. The molecule has 0 radical (unpaired) electrons. The van der Waals surface area contributed by atoms with Crippen molar-refractivity contribution in [1.29, 1.82) is 0 Å². The quantitative estimate of drug-likeness (QED) is 0.529. The normalized spacial score (nSPS) is 15.2. The van der Waals surface area contributed by atoms with Gasteiger partial charge in [-0.25, -0.2) is 4.98 Å². The Labute approximate surface area is 161 Å². The number of nitrogens with zero attached hydrogens (tertiary/aromatic N) is 3. The van der Waals surface area contributed by atoms with Crippen molar-refractivity contribution in [2.24, 2.45) is 0 Å². The lowest BCUT2D eigenvalue weighted by atomic mass is 9.96. The number of fused-ring (bicyclic) bond motifs is 1. The van der Waals surface area contributed by atoms with Crippen LogP contribution in [0.25, 0.3) is 22.4 Å². The number of benzene rings is 2. The van der Waals surface area contributed by atoms with Gasteiger partial charge in [0.1, 0.15) is 11.2 Å². The highest BCUT2D eigenvalue weighted by atomic mass is 16.5. The van der Waals surface area contributed by atoms with Crippen LogP contribution < -0.4 is 0 Å². The number of carbonyl (C=O) groups excluding carboxylic acids is 1. The fourth-order valence-corrected chi connectivity index (χ4v) is 3.67. The number of para-hydroxylation sites is 2. The third-order valence-electron chi connectivity index (χ3n) is 5.23. The molecule has 0 N–H and O–H groups in total. The molecule has 1 fully saturated rings. The Kier molecular flexibility index (Phi) is 4.16. The monoisotopic (exact) mass is 373 g/mol. The van der Waals surface area contributed by atoms with E-state index in [4.69, 9.17) is 8.94 Å². The average molecular weight is 373 g/mol. The van der Waals surface area contributed by atoms with Crippen molar-refractivity contribution in [3.8, 4) is 11.3 Å². The molecule has 140 valence electrons. The van der Waals surface area contributed by atoms with Crippen LogP contribution in [0.5, 0.6) is 0 Å². The number of oxazole rings is 1. The van der Waals surface area contributed by atoms with Crippen LogP contribution >= 0.6 is 0 Å². The molecule has 1 saturated heterocycles. The Hall–Kier alpha value is -3.41. The lowest BCUT2D eigenvalue weighted by Crippen LogP contribution is -2.37. The van der Waals surface area contributed by atoms with E-state index in [1.54, 1.807) is 6.07 Å². The number of carbonyl (C=O) groups is 1. The van der Waals surface area contributed by atoms with Gasteiger partial charge in [-0.3, -0.25) is 4.79 Å². The molecule has 2 aromatic carbocycles. The SMILES string of the molecule is O=C(c1cc(-c2ccccc2)no1)N1CCC(c2nc3ccccc3o2)CC1. The Balaban J connectivity index is 1.26. The first-order chi connectivity index (χ1) is 13.8. The van der Waals surface area contributed by atoms with E-state index in [0.717, 1.165) is 35.4 Å². The van der Waals surface area contributed by atoms with Crippen LogP contribution in [-0.2, 0) is 0 Å². The average Bonchev–Trinajstić information content (AvgIpc) is 3.41. The molecule has 28 heavy (non-hydrogen) atoms. The van der Waals surface area contributed by atoms with E-state index in [0.29, 0.717) is 18.8 Å². The minimum atomic E-state index is -0.120. The Morgan fingerprint density at radius 2 is 1.75 bits per heavy atom. The van der Waals surface area contributed by atoms with Crippen molar-refractivity contribution >= 4 is 17.0 Å². The molecule has 0 aliphatic carbocycles. The van der Waals surface area contributed by atoms with E-state index >= 15 is 0 Å². The van der Waals surface area contributed by atoms with Crippen molar-refractivity contribution in [3.05, 3.63) is 72.3 Å². The molecule has 0 saturated carbocycles. The van der Waals surface area contributed by atoms with E-state index in [2.05, 4.69) is 10.1 Å². The summed E-state index contributed by atoms with van der Waals surface area (Å²) in [5.41, 5.74) is 3.29. The van der Waals surface area contributed by atoms with Crippen molar-refractivity contribution in [2.45, 2.75) is 18.8 Å². The number of amides is 1. The smallest absolute Gasteiger partial charge is 0.292 e. The molecule has 5 rings (SSSR count). The maximum absolute atomic E-state index is 12.8. The zero-order chi connectivity index (χ0) is 18.9. The molecule has 6 heteroatoms. The molecule has 0 atom stereocenters. The van der Waals surface area contributed by atoms with Crippen LogP contribution in [0.2, 0.25) is 0 Å². The largest absolute Gasteiger partial charge is 0.440 e. The van der Waals surface area contributed by atoms with Gasteiger partial charge in [0, 0.05) is 30.6 Å². The number of hydrogen-bond donors (Lipinski definition) is 0. The van der Waals surface area contributed by atoms with Crippen molar-refractivity contribution in [2.75, 3.05) is 13.1 Å². The van der Waals surface area contributed by atoms with Crippen LogP contribution in [-0.4, -0.2) is 34.0 Å². The standard InChI is InChI=1S/C22H19N3O3/c26-22(20-14-18(24-28-20)15-6-2-1-3-7-15)25-12-10-16(11-13-25)21-23-17-8-4-5-9-19(17)27-21/h1-9,14,16H,10-13H2. The van der Waals surface area contributed by atoms with Crippen LogP contribution in [0.1, 0.15) is 35.2 Å². The summed E-state index contributed by atoms with van der Waals surface area (Å²) in [5.74, 6) is 1.15. The van der Waals surface area contributed by atoms with Gasteiger partial charge in [0.2, 0.25) is 5.76 Å². The molecule has 2 aromatic heterocycles. The van der Waals surface area contributed by atoms with E-state index in [-0.39, 0.29) is 17.6 Å². The van der Waals surface area contributed by atoms with Gasteiger partial charge in [0.25, 0.3) is 5.91 Å². The Morgan fingerprint density at radius 1 is 1.00 bits per heavy atom. The molecular weight excluding hydrogens is 354 g/mol. The van der Waals surface area contributed by atoms with Crippen molar-refractivity contribution in [3.63, 3.8) is 0 Å². The number of piperidine rings is 1. The second-order valence-electron chi connectivity index (χ2n) is 7.03. The summed E-state index contributed by atoms with van der Waals surface area (Å²) in [6.45, 7) is 1.28. The highest BCUT2D eigenvalue weighted by Crippen LogP contribution is 2.30. The zero-order valence-corrected chi connectivity index (χ0v) is 15.2. The lowest BCUT2D eigenvalue weighted by Gasteiger charge is -2.29. The van der Waals surface area contributed by atoms with Crippen LogP contribution in [0.15, 0.2) is 69.6 Å². The van der Waals surface area contributed by atoms with E-state index in [9.17, 15) is 4.79 Å². The number of likely N-dealkylation sites (tertiary alicyclic amines) is 1. The van der Waals surface area contributed by atoms with Gasteiger partial charge < -0.3 is 13.8 Å². The van der Waals surface area contributed by atoms with Gasteiger partial charge in [0.05, 0.1) is 0 Å². The minimum absolute atomic E-state index is 0.120. The fraction of sp³-hybridized carbons (Fsp3) is 0.227. The Morgan fingerprint density at radius 3 is 2.54 bits per heavy atom. The predicted molar refractivity (Wildman–Crippen MR) is 104 cm³/mol. The molecule has 1 aliphatic rings. The first kappa shape index (κ1) is 16.7. The zero-order valence-electron chi connectivity index (χ0n) is 15.2. The molecule has 1 aliphatic heterocycles. The van der Waals surface area contributed by atoms with Gasteiger partial charge in [-0.1, -0.05) is 47.6 Å². The summed E-state index contributed by atoms with van der Waals surface area (Å²) in [6, 6.07) is 19.2. The van der Waals surface area contributed by atoms with Gasteiger partial charge >= 0.3 is 0 Å². The molecule has 0 bridgehead atoms. The second kappa shape index (κ2) is 6.96. The van der Waals surface area contributed by atoms with Gasteiger partial charge in [-0.15, -0.1) is 0 Å². The predicted octanol–water partition coefficient (Wildman–Crippen LogP) is 4.50. The molecule has 0 spiro atoms. The van der Waals surface area contributed by atoms with Gasteiger partial charge in [-0.2, -0.15) is 0 Å². The van der Waals surface area contributed by atoms with Crippen LogP contribution in [0, 0.1) is 0 Å². The number of hydrogen-bond acceptors (Lipinski definition) is 5. The summed E-state index contributed by atoms with van der Waals surface area (Å²) >= 11 is 0. The topological polar surface area (TPSA) is 72.4 Å². The molecule has 0 unspecified atom stereocenters. The molecule has 3 heterocycles. The van der Waals surface area contributed by atoms with Crippen molar-refractivity contribution < 1.29 is 13.7 Å². The minimum Gasteiger partial charge on any atom is -0.440 e. The van der Waals surface area contributed by atoms with E-state index in [1.165, 1.54) is 0 Å². The molecule has 6 nitrogen and oxygen atoms in total. The summed E-state index contributed by atoms with van der Waals surface area (Å²) in [5, 5.41) is 4.04. The molecular formula is C22H19N3O3. The molecule has 4 aromatic rings. The van der Waals surface area contributed by atoms with Crippen LogP contribution in [0.4, 0.5) is 0 Å². The highest BCUT2D eigenvalue weighted by Gasteiger charge is 2.29. The van der Waals surface area contributed by atoms with Gasteiger partial charge in [-0.05, 0) is 25.0 Å². The molecule has 1 amide bonds. The highest BCUT2D eigenvalue weighted by molar-refractivity contribution is 5.92. The van der Waals surface area contributed by atoms with E-state index in [1.807, 2.05) is 59.5 Å². The maximum atomic E-state index is 12.8. The van der Waals surface area contributed by atoms with E-state index < -0.39 is 0 Å². The summed E-state index contributed by atoms with van der Waals surface area (Å²) in [4.78, 5) is 19.2. The van der Waals surface area contributed by atoms with Gasteiger partial charge in [0.15, 0.2) is 11.5 Å². The third-order valence-corrected chi connectivity index (χ3v) is 5.23.